The molecule has 0 fully saturated rings. The molecule has 2 aromatic rings. The van der Waals surface area contributed by atoms with Crippen LogP contribution in [0.5, 0.6) is 0 Å². The summed E-state index contributed by atoms with van der Waals surface area (Å²) in [5.41, 5.74) is 0.00513. The van der Waals surface area contributed by atoms with Crippen LogP contribution in [0.1, 0.15) is 52.7 Å². The fourth-order valence-corrected chi connectivity index (χ4v) is 3.22. The van der Waals surface area contributed by atoms with Gasteiger partial charge in [-0.2, -0.15) is 0 Å². The van der Waals surface area contributed by atoms with Crippen LogP contribution in [0.4, 0.5) is 9.59 Å². The first-order chi connectivity index (χ1) is 19.2. The number of amides is 2. The molecule has 224 valence electrons. The number of rotatable bonds is 12. The van der Waals surface area contributed by atoms with E-state index in [4.69, 9.17) is 23.7 Å². The Bertz CT molecular complexity index is 1040. The first-order valence-corrected chi connectivity index (χ1v) is 13.2. The van der Waals surface area contributed by atoms with Crippen molar-refractivity contribution in [2.24, 2.45) is 0 Å². The number of ether oxygens (including phenoxy) is 5. The molecule has 0 bridgehead atoms. The van der Waals surface area contributed by atoms with Gasteiger partial charge in [-0.05, 0) is 52.7 Å². The van der Waals surface area contributed by atoms with Gasteiger partial charge in [-0.15, -0.1) is 0 Å². The zero-order valence-electron chi connectivity index (χ0n) is 24.4. The van der Waals surface area contributed by atoms with E-state index in [1.165, 1.54) is 0 Å². The number of carbonyl (C=O) groups excluding carboxylic acids is 4. The Kier molecular flexibility index (Phi) is 12.8. The smallest absolute Gasteiger partial charge is 0.408 e. The molecule has 2 N–H and O–H groups in total. The fourth-order valence-electron chi connectivity index (χ4n) is 3.22. The monoisotopic (exact) mass is 572 g/mol. The minimum atomic E-state index is -1.38. The normalized spacial score (nSPS) is 12.9. The van der Waals surface area contributed by atoms with Crippen molar-refractivity contribution < 1.29 is 42.9 Å². The average Bonchev–Trinajstić information content (AvgIpc) is 2.86. The van der Waals surface area contributed by atoms with Gasteiger partial charge < -0.3 is 34.3 Å². The van der Waals surface area contributed by atoms with Gasteiger partial charge in [0.2, 0.25) is 0 Å². The Labute approximate surface area is 240 Å². The number of hydrogen-bond donors (Lipinski definition) is 2. The number of esters is 2. The molecule has 2 aromatic carbocycles. The second kappa shape index (κ2) is 15.7. The molecule has 0 saturated carbocycles. The predicted octanol–water partition coefficient (Wildman–Crippen LogP) is 4.28. The summed E-state index contributed by atoms with van der Waals surface area (Å²) in [7, 11) is 0. The zero-order chi connectivity index (χ0) is 30.5. The molecule has 0 spiro atoms. The van der Waals surface area contributed by atoms with Crippen molar-refractivity contribution in [2.45, 2.75) is 78.0 Å². The van der Waals surface area contributed by atoms with Crippen LogP contribution in [0.2, 0.25) is 0 Å². The first-order valence-electron chi connectivity index (χ1n) is 13.2. The van der Waals surface area contributed by atoms with Crippen LogP contribution in [0.15, 0.2) is 60.7 Å². The Hall–Kier alpha value is -3.96. The maximum atomic E-state index is 13.0. The van der Waals surface area contributed by atoms with Crippen molar-refractivity contribution in [3.05, 3.63) is 71.8 Å². The third-order valence-corrected chi connectivity index (χ3v) is 4.94. The van der Waals surface area contributed by atoms with Crippen LogP contribution >= 0.6 is 0 Å². The van der Waals surface area contributed by atoms with Crippen molar-refractivity contribution in [1.29, 1.82) is 0 Å². The Morgan fingerprint density at radius 2 is 0.951 bits per heavy atom. The average molecular weight is 573 g/mol. The molecule has 0 heterocycles. The topological polar surface area (TPSA) is 138 Å². The lowest BCUT2D eigenvalue weighted by Gasteiger charge is -2.24. The third-order valence-electron chi connectivity index (χ3n) is 4.94. The summed E-state index contributed by atoms with van der Waals surface area (Å²) in [5.74, 6) is -2.21. The van der Waals surface area contributed by atoms with E-state index >= 15 is 0 Å². The molecule has 2 atom stereocenters. The lowest BCUT2D eigenvalue weighted by molar-refractivity contribution is -0.164. The fraction of sp³-hybridized carbons (Fsp3) is 0.467. The van der Waals surface area contributed by atoms with Crippen molar-refractivity contribution in [2.75, 3.05) is 13.2 Å². The largest absolute Gasteiger partial charge is 0.444 e. The summed E-state index contributed by atoms with van der Waals surface area (Å²) in [5, 5.41) is 4.77. The second-order valence-electron chi connectivity index (χ2n) is 11.1. The molecule has 2 rings (SSSR count). The van der Waals surface area contributed by atoms with Gasteiger partial charge in [0.1, 0.15) is 11.2 Å². The molecular weight excluding hydrogens is 532 g/mol. The molecular formula is C30H40N2O9. The number of nitrogens with one attached hydrogen (secondary N) is 2. The van der Waals surface area contributed by atoms with Crippen molar-refractivity contribution in [3.63, 3.8) is 0 Å². The highest BCUT2D eigenvalue weighted by molar-refractivity contribution is 5.93. The predicted molar refractivity (Wildman–Crippen MR) is 150 cm³/mol. The highest BCUT2D eigenvalue weighted by atomic mass is 16.6. The summed E-state index contributed by atoms with van der Waals surface area (Å²) in [6.45, 7) is 9.65. The van der Waals surface area contributed by atoms with E-state index in [0.29, 0.717) is 0 Å². The molecule has 0 aliphatic rings. The number of hydrogen-bond acceptors (Lipinski definition) is 9. The standard InChI is InChI=1S/C30H40N2O9/c1-29(2,3)40-27(35)31-23(19-37-17-21-13-9-7-10-14-21)25(33)39-26(34)24(32-28(36)41-30(4,5)6)20-38-18-22-15-11-8-12-16-22/h7-16,23-24H,17-20H2,1-6H3,(H,31,35)(H,32,36). The molecule has 11 nitrogen and oxygen atoms in total. The second-order valence-corrected chi connectivity index (χ2v) is 11.1. The van der Waals surface area contributed by atoms with Crippen molar-refractivity contribution in [1.82, 2.24) is 10.6 Å². The molecule has 0 aliphatic heterocycles. The molecule has 0 aromatic heterocycles. The molecule has 41 heavy (non-hydrogen) atoms. The van der Waals surface area contributed by atoms with E-state index in [0.717, 1.165) is 11.1 Å². The molecule has 2 unspecified atom stereocenters. The summed E-state index contributed by atoms with van der Waals surface area (Å²) in [6, 6.07) is 15.6. The lowest BCUT2D eigenvalue weighted by atomic mass is 10.2. The first kappa shape index (κ1) is 33.2. The van der Waals surface area contributed by atoms with Gasteiger partial charge in [0, 0.05) is 0 Å². The van der Waals surface area contributed by atoms with E-state index in [1.54, 1.807) is 41.5 Å². The molecule has 0 radical (unpaired) electrons. The molecule has 0 aliphatic carbocycles. The van der Waals surface area contributed by atoms with Crippen LogP contribution < -0.4 is 10.6 Å². The van der Waals surface area contributed by atoms with Gasteiger partial charge in [-0.3, -0.25) is 0 Å². The summed E-state index contributed by atoms with van der Waals surface area (Å²) < 4.78 is 26.8. The Morgan fingerprint density at radius 3 is 1.27 bits per heavy atom. The van der Waals surface area contributed by atoms with Gasteiger partial charge in [0.25, 0.3) is 0 Å². The molecule has 11 heteroatoms. The maximum absolute atomic E-state index is 13.0. The van der Waals surface area contributed by atoms with Crippen LogP contribution in [-0.2, 0) is 46.5 Å². The Balaban J connectivity index is 2.10. The number of carbonyl (C=O) groups is 4. The number of benzene rings is 2. The third kappa shape index (κ3) is 14.3. The van der Waals surface area contributed by atoms with E-state index in [9.17, 15) is 19.2 Å². The summed E-state index contributed by atoms with van der Waals surface area (Å²) >= 11 is 0. The van der Waals surface area contributed by atoms with Gasteiger partial charge in [0.05, 0.1) is 26.4 Å². The van der Waals surface area contributed by atoms with Crippen LogP contribution in [0.25, 0.3) is 0 Å². The van der Waals surface area contributed by atoms with E-state index in [-0.39, 0.29) is 26.4 Å². The van der Waals surface area contributed by atoms with Crippen LogP contribution in [0.3, 0.4) is 0 Å². The summed E-state index contributed by atoms with van der Waals surface area (Å²) in [6.07, 6.45) is -1.80. The van der Waals surface area contributed by atoms with E-state index in [1.807, 2.05) is 60.7 Å². The van der Waals surface area contributed by atoms with Gasteiger partial charge in [-0.25, -0.2) is 19.2 Å². The maximum Gasteiger partial charge on any atom is 0.408 e. The minimum Gasteiger partial charge on any atom is -0.444 e. The quantitative estimate of drug-likeness (QED) is 0.217. The van der Waals surface area contributed by atoms with Crippen LogP contribution in [0, 0.1) is 0 Å². The highest BCUT2D eigenvalue weighted by Crippen LogP contribution is 2.10. The molecule has 2 amide bonds. The molecule has 0 saturated heterocycles. The van der Waals surface area contributed by atoms with E-state index < -0.39 is 47.4 Å². The van der Waals surface area contributed by atoms with E-state index in [2.05, 4.69) is 10.6 Å². The summed E-state index contributed by atoms with van der Waals surface area (Å²) in [4.78, 5) is 50.9. The SMILES string of the molecule is CC(C)(C)OC(=O)NC(COCc1ccccc1)C(=O)OC(=O)C(COCc1ccccc1)NC(=O)OC(C)(C)C. The van der Waals surface area contributed by atoms with Gasteiger partial charge >= 0.3 is 24.1 Å². The van der Waals surface area contributed by atoms with Crippen molar-refractivity contribution in [3.8, 4) is 0 Å². The van der Waals surface area contributed by atoms with Gasteiger partial charge in [-0.1, -0.05) is 60.7 Å². The highest BCUT2D eigenvalue weighted by Gasteiger charge is 2.32. The number of alkyl carbamates (subject to hydrolysis) is 2. The van der Waals surface area contributed by atoms with Gasteiger partial charge in [0.15, 0.2) is 12.1 Å². The Morgan fingerprint density at radius 1 is 0.610 bits per heavy atom. The lowest BCUT2D eigenvalue weighted by Crippen LogP contribution is -2.51. The zero-order valence-corrected chi connectivity index (χ0v) is 24.4. The minimum absolute atomic E-state index is 0.144. The van der Waals surface area contributed by atoms with Crippen molar-refractivity contribution >= 4 is 24.1 Å². The van der Waals surface area contributed by atoms with Crippen LogP contribution in [-0.4, -0.2) is 60.6 Å².